The van der Waals surface area contributed by atoms with E-state index in [-0.39, 0.29) is 11.4 Å². The third-order valence-corrected chi connectivity index (χ3v) is 10.2. The fraction of sp³-hybridized carbons (Fsp3) is 0.545. The number of nitrogens with zero attached hydrogens (tertiary/aromatic N) is 4. The van der Waals surface area contributed by atoms with Crippen LogP contribution in [-0.4, -0.2) is 52.1 Å². The van der Waals surface area contributed by atoms with Crippen molar-refractivity contribution in [1.82, 2.24) is 19.8 Å². The van der Waals surface area contributed by atoms with E-state index in [0.29, 0.717) is 52.8 Å². The highest BCUT2D eigenvalue weighted by atomic mass is 19.1. The van der Waals surface area contributed by atoms with Crippen molar-refractivity contribution in [3.05, 3.63) is 70.0 Å². The summed E-state index contributed by atoms with van der Waals surface area (Å²) >= 11 is 0. The summed E-state index contributed by atoms with van der Waals surface area (Å²) in [5.74, 6) is 2.71. The highest BCUT2D eigenvalue weighted by molar-refractivity contribution is 5.96. The lowest BCUT2D eigenvalue weighted by atomic mass is 9.45. The van der Waals surface area contributed by atoms with Gasteiger partial charge in [0.2, 0.25) is 0 Å². The molecule has 5 atom stereocenters. The first-order valence-corrected chi connectivity index (χ1v) is 15.2. The number of hydrogen-bond acceptors (Lipinski definition) is 4. The maximum atomic E-state index is 14.3. The van der Waals surface area contributed by atoms with Crippen LogP contribution in [0.15, 0.2) is 52.5 Å². The van der Waals surface area contributed by atoms with Crippen LogP contribution in [0, 0.1) is 35.9 Å². The van der Waals surface area contributed by atoms with Gasteiger partial charge in [0.1, 0.15) is 5.82 Å². The van der Waals surface area contributed by atoms with Gasteiger partial charge in [-0.05, 0) is 91.7 Å². The van der Waals surface area contributed by atoms with Gasteiger partial charge in [0.15, 0.2) is 5.96 Å². The molecule has 8 heteroatoms. The monoisotopic (exact) mass is 558 g/mol. The highest BCUT2D eigenvalue weighted by Crippen LogP contribution is 2.61. The number of fused-ring (bicyclic) bond motifs is 3. The lowest BCUT2D eigenvalue weighted by molar-refractivity contribution is -0.108. The van der Waals surface area contributed by atoms with E-state index in [4.69, 9.17) is 4.99 Å². The predicted octanol–water partition coefficient (Wildman–Crippen LogP) is 5.22. The molecule has 1 aliphatic heterocycles. The Kier molecular flexibility index (Phi) is 7.39. The molecule has 7 rings (SSSR count). The molecule has 2 aromatic carbocycles. The molecule has 41 heavy (non-hydrogen) atoms. The fourth-order valence-corrected chi connectivity index (χ4v) is 7.39. The number of aliphatic imine (C=N–C) groups is 1. The molecule has 3 saturated carbocycles. The van der Waals surface area contributed by atoms with E-state index in [0.717, 1.165) is 55.1 Å². The molecular weight excluding hydrogens is 515 g/mol. The van der Waals surface area contributed by atoms with Crippen LogP contribution in [0.25, 0.3) is 10.9 Å². The van der Waals surface area contributed by atoms with E-state index in [2.05, 4.69) is 48.2 Å². The summed E-state index contributed by atoms with van der Waals surface area (Å²) in [6.45, 7) is 14.4. The Hall–Kier alpha value is -3.26. The third-order valence-electron chi connectivity index (χ3n) is 10.2. The number of anilines is 1. The number of aromatic nitrogens is 2. The smallest absolute Gasteiger partial charge is 0.261 e. The number of piperazine rings is 1. The second kappa shape index (κ2) is 10.9. The maximum Gasteiger partial charge on any atom is 0.261 e. The first kappa shape index (κ1) is 27.9. The lowest BCUT2D eigenvalue weighted by Gasteiger charge is -2.61. The fourth-order valence-electron chi connectivity index (χ4n) is 7.39. The van der Waals surface area contributed by atoms with Gasteiger partial charge in [-0.2, -0.15) is 0 Å². The van der Waals surface area contributed by atoms with Crippen molar-refractivity contribution >= 4 is 22.5 Å². The van der Waals surface area contributed by atoms with E-state index in [1.165, 1.54) is 12.5 Å². The Balaban J connectivity index is 1.23. The van der Waals surface area contributed by atoms with E-state index < -0.39 is 0 Å². The number of nitrogens with one attached hydrogen (secondary N) is 2. The molecule has 2 N–H and O–H groups in total. The van der Waals surface area contributed by atoms with Crippen LogP contribution in [0.2, 0.25) is 0 Å². The molecule has 7 nitrogen and oxygen atoms in total. The molecule has 2 heterocycles. The molecule has 3 aromatic rings. The summed E-state index contributed by atoms with van der Waals surface area (Å²) in [6, 6.07) is 11.6. The SMILES string of the molecule is Cc1ccc(CCn2cnc3cc(NC(=NC4CC5CC(C4C)C5(C)C)N4CCNC(C)C4)ccc3c2=O)c(F)c1. The van der Waals surface area contributed by atoms with Crippen molar-refractivity contribution in [1.29, 1.82) is 0 Å². The molecule has 0 radical (unpaired) electrons. The van der Waals surface area contributed by atoms with Gasteiger partial charge in [0.25, 0.3) is 5.56 Å². The average molecular weight is 559 g/mol. The van der Waals surface area contributed by atoms with Gasteiger partial charge < -0.3 is 15.5 Å². The third kappa shape index (κ3) is 5.39. The van der Waals surface area contributed by atoms with Crippen LogP contribution in [0.3, 0.4) is 0 Å². The zero-order valence-corrected chi connectivity index (χ0v) is 25.0. The minimum atomic E-state index is -0.234. The number of aryl methyl sites for hydroxylation is 3. The number of hydrogen-bond donors (Lipinski definition) is 2. The Morgan fingerprint density at radius 3 is 2.76 bits per heavy atom. The topological polar surface area (TPSA) is 74.6 Å². The summed E-state index contributed by atoms with van der Waals surface area (Å²) < 4.78 is 15.9. The Morgan fingerprint density at radius 1 is 1.20 bits per heavy atom. The van der Waals surface area contributed by atoms with Crippen LogP contribution < -0.4 is 16.2 Å². The van der Waals surface area contributed by atoms with E-state index in [9.17, 15) is 9.18 Å². The number of halogens is 1. The number of rotatable bonds is 5. The standard InChI is InChI=1S/C33H43FN6O/c1-20-6-7-23(28(34)14-20)10-12-40-19-36-30-17-25(8-9-26(30)31(40)41)37-32(39-13-11-35-21(2)18-39)38-29-16-24-15-27(22(29)3)33(24,4)5/h6-9,14,17,19,21-22,24,27,29,35H,10-13,15-16,18H2,1-5H3,(H,37,38). The van der Waals surface area contributed by atoms with Crippen molar-refractivity contribution in [2.75, 3.05) is 25.0 Å². The molecule has 5 unspecified atom stereocenters. The van der Waals surface area contributed by atoms with Crippen molar-refractivity contribution in [3.8, 4) is 0 Å². The molecular formula is C33H43FN6O. The van der Waals surface area contributed by atoms with Gasteiger partial charge in [-0.1, -0.05) is 32.9 Å². The van der Waals surface area contributed by atoms with E-state index in [1.54, 1.807) is 17.0 Å². The first-order valence-electron chi connectivity index (χ1n) is 15.2. The minimum Gasteiger partial charge on any atom is -0.340 e. The van der Waals surface area contributed by atoms with Crippen molar-refractivity contribution in [2.24, 2.45) is 28.2 Å². The van der Waals surface area contributed by atoms with Crippen LogP contribution in [0.4, 0.5) is 10.1 Å². The maximum absolute atomic E-state index is 14.3. The number of guanidine groups is 1. The summed E-state index contributed by atoms with van der Waals surface area (Å²) in [5.41, 5.74) is 3.31. The van der Waals surface area contributed by atoms with Gasteiger partial charge >= 0.3 is 0 Å². The van der Waals surface area contributed by atoms with Gasteiger partial charge in [-0.3, -0.25) is 9.36 Å². The quantitative estimate of drug-likeness (QED) is 0.332. The van der Waals surface area contributed by atoms with E-state index in [1.807, 2.05) is 31.2 Å². The second-order valence-electron chi connectivity index (χ2n) is 13.2. The highest BCUT2D eigenvalue weighted by Gasteiger charge is 2.56. The second-order valence-corrected chi connectivity index (χ2v) is 13.2. The predicted molar refractivity (Wildman–Crippen MR) is 164 cm³/mol. The largest absolute Gasteiger partial charge is 0.340 e. The Bertz CT molecular complexity index is 1530. The van der Waals surface area contributed by atoms with Crippen molar-refractivity contribution in [3.63, 3.8) is 0 Å². The molecule has 4 aliphatic rings. The molecule has 4 fully saturated rings. The molecule has 218 valence electrons. The molecule has 1 saturated heterocycles. The Labute approximate surface area is 242 Å². The van der Waals surface area contributed by atoms with Crippen molar-refractivity contribution < 1.29 is 4.39 Å². The van der Waals surface area contributed by atoms with Gasteiger partial charge in [-0.15, -0.1) is 0 Å². The molecule has 0 amide bonds. The van der Waals surface area contributed by atoms with E-state index >= 15 is 0 Å². The normalized spacial score (nSPS) is 27.5. The van der Waals surface area contributed by atoms with Gasteiger partial charge in [0.05, 0.1) is 23.3 Å². The molecule has 0 spiro atoms. The zero-order valence-electron chi connectivity index (χ0n) is 25.0. The summed E-state index contributed by atoms with van der Waals surface area (Å²) in [7, 11) is 0. The molecule has 3 aliphatic carbocycles. The lowest BCUT2D eigenvalue weighted by Crippen LogP contribution is -2.57. The van der Waals surface area contributed by atoms with Gasteiger partial charge in [0, 0.05) is 37.9 Å². The zero-order chi connectivity index (χ0) is 28.9. The van der Waals surface area contributed by atoms with Crippen LogP contribution in [0.5, 0.6) is 0 Å². The van der Waals surface area contributed by atoms with Crippen LogP contribution in [0.1, 0.15) is 51.7 Å². The van der Waals surface area contributed by atoms with Crippen LogP contribution >= 0.6 is 0 Å². The summed E-state index contributed by atoms with van der Waals surface area (Å²) in [6.07, 6.45) is 4.48. The Morgan fingerprint density at radius 2 is 2.02 bits per heavy atom. The molecule has 2 bridgehead atoms. The summed E-state index contributed by atoms with van der Waals surface area (Å²) in [5, 5.41) is 7.72. The first-order chi connectivity index (χ1) is 19.6. The average Bonchev–Trinajstić information content (AvgIpc) is 2.94. The van der Waals surface area contributed by atoms with Crippen molar-refractivity contribution in [2.45, 2.75) is 72.5 Å². The summed E-state index contributed by atoms with van der Waals surface area (Å²) in [4.78, 5) is 25.6. The minimum absolute atomic E-state index is 0.114. The van der Waals surface area contributed by atoms with Crippen LogP contribution in [-0.2, 0) is 13.0 Å². The number of benzene rings is 2. The molecule has 1 aromatic heterocycles. The van der Waals surface area contributed by atoms with Gasteiger partial charge in [-0.25, -0.2) is 14.4 Å².